The summed E-state index contributed by atoms with van der Waals surface area (Å²) in [5.74, 6) is 1.19. The number of benzene rings is 1. The molecule has 0 radical (unpaired) electrons. The van der Waals surface area contributed by atoms with Crippen LogP contribution in [0, 0.1) is 5.92 Å². The van der Waals surface area contributed by atoms with Gasteiger partial charge in [-0.2, -0.15) is 0 Å². The maximum absolute atomic E-state index is 12.4. The molecule has 1 unspecified atom stereocenters. The molecule has 0 aliphatic carbocycles. The van der Waals surface area contributed by atoms with Gasteiger partial charge in [-0.25, -0.2) is 0 Å². The predicted molar refractivity (Wildman–Crippen MR) is 73.2 cm³/mol. The van der Waals surface area contributed by atoms with Crippen molar-refractivity contribution in [3.8, 4) is 17.2 Å². The highest BCUT2D eigenvalue weighted by Gasteiger charge is 2.26. The molecular weight excluding hydrogens is 246 g/mol. The molecule has 0 amide bonds. The summed E-state index contributed by atoms with van der Waals surface area (Å²) in [6.07, 6.45) is 0. The fourth-order valence-electron chi connectivity index (χ4n) is 1.72. The number of carbonyl (C=O) groups is 1. The van der Waals surface area contributed by atoms with Crippen LogP contribution >= 0.6 is 0 Å². The van der Waals surface area contributed by atoms with Crippen LogP contribution in [0.1, 0.15) is 24.2 Å². The van der Waals surface area contributed by atoms with Crippen LogP contribution < -0.4 is 19.9 Å². The summed E-state index contributed by atoms with van der Waals surface area (Å²) in [6.45, 7) is 3.79. The maximum Gasteiger partial charge on any atom is 0.187 e. The van der Waals surface area contributed by atoms with Crippen molar-refractivity contribution in [2.45, 2.75) is 19.9 Å². The Morgan fingerprint density at radius 2 is 1.53 bits per heavy atom. The lowest BCUT2D eigenvalue weighted by Gasteiger charge is -2.19. The lowest BCUT2D eigenvalue weighted by atomic mass is 9.94. The molecule has 0 bridgehead atoms. The van der Waals surface area contributed by atoms with Gasteiger partial charge in [0.15, 0.2) is 5.78 Å². The molecule has 1 atom stereocenters. The van der Waals surface area contributed by atoms with E-state index in [1.807, 2.05) is 13.8 Å². The van der Waals surface area contributed by atoms with Crippen LogP contribution in [0.4, 0.5) is 0 Å². The number of hydrogen-bond acceptors (Lipinski definition) is 5. The van der Waals surface area contributed by atoms with E-state index in [9.17, 15) is 4.79 Å². The van der Waals surface area contributed by atoms with Crippen molar-refractivity contribution in [2.24, 2.45) is 11.7 Å². The first-order chi connectivity index (χ1) is 8.96. The number of ether oxygens (including phenoxy) is 3. The van der Waals surface area contributed by atoms with E-state index >= 15 is 0 Å². The van der Waals surface area contributed by atoms with Crippen molar-refractivity contribution in [1.29, 1.82) is 0 Å². The van der Waals surface area contributed by atoms with Crippen LogP contribution in [0.15, 0.2) is 12.1 Å². The summed E-state index contributed by atoms with van der Waals surface area (Å²) in [5, 5.41) is 0. The summed E-state index contributed by atoms with van der Waals surface area (Å²) in [7, 11) is 4.52. The third-order valence-corrected chi connectivity index (χ3v) is 2.98. The molecule has 0 aromatic heterocycles. The van der Waals surface area contributed by atoms with Crippen LogP contribution in [0.3, 0.4) is 0 Å². The molecule has 0 spiro atoms. The molecular formula is C14H21NO4. The van der Waals surface area contributed by atoms with Gasteiger partial charge in [-0.1, -0.05) is 13.8 Å². The highest BCUT2D eigenvalue weighted by atomic mass is 16.5. The molecule has 1 aromatic rings. The minimum Gasteiger partial charge on any atom is -0.496 e. The maximum atomic E-state index is 12.4. The van der Waals surface area contributed by atoms with Gasteiger partial charge >= 0.3 is 0 Å². The molecule has 5 heteroatoms. The summed E-state index contributed by atoms with van der Waals surface area (Å²) < 4.78 is 15.6. The lowest BCUT2D eigenvalue weighted by Crippen LogP contribution is -2.36. The van der Waals surface area contributed by atoms with Gasteiger partial charge < -0.3 is 19.9 Å². The van der Waals surface area contributed by atoms with Crippen molar-refractivity contribution in [3.63, 3.8) is 0 Å². The number of carbonyl (C=O) groups excluding carboxylic acids is 1. The topological polar surface area (TPSA) is 70.8 Å². The number of nitrogens with two attached hydrogens (primary N) is 1. The SMILES string of the molecule is COc1cc(OC)c(C(=O)C(N)C(C)C)c(OC)c1. The number of methoxy groups -OCH3 is 3. The standard InChI is InChI=1S/C14H21NO4/c1-8(2)13(15)14(16)12-10(18-4)6-9(17-3)7-11(12)19-5/h6-8,13H,15H2,1-5H3. The van der Waals surface area contributed by atoms with Gasteiger partial charge in [0.05, 0.1) is 27.4 Å². The molecule has 1 aromatic carbocycles. The zero-order valence-electron chi connectivity index (χ0n) is 12.0. The fourth-order valence-corrected chi connectivity index (χ4v) is 1.72. The molecule has 0 aliphatic heterocycles. The molecule has 5 nitrogen and oxygen atoms in total. The summed E-state index contributed by atoms with van der Waals surface area (Å²) in [6, 6.07) is 2.68. The van der Waals surface area contributed by atoms with Crippen LogP contribution in [0.25, 0.3) is 0 Å². The number of hydrogen-bond donors (Lipinski definition) is 1. The van der Waals surface area contributed by atoms with Crippen LogP contribution in [0.2, 0.25) is 0 Å². The highest BCUT2D eigenvalue weighted by Crippen LogP contribution is 2.35. The average Bonchev–Trinajstić information content (AvgIpc) is 2.43. The van der Waals surface area contributed by atoms with Crippen LogP contribution in [-0.2, 0) is 0 Å². The minimum atomic E-state index is -0.601. The van der Waals surface area contributed by atoms with Gasteiger partial charge in [-0.3, -0.25) is 4.79 Å². The number of rotatable bonds is 6. The van der Waals surface area contributed by atoms with E-state index in [-0.39, 0.29) is 11.7 Å². The van der Waals surface area contributed by atoms with Crippen molar-refractivity contribution < 1.29 is 19.0 Å². The summed E-state index contributed by atoms with van der Waals surface area (Å²) in [4.78, 5) is 12.4. The van der Waals surface area contributed by atoms with Gasteiger partial charge in [-0.05, 0) is 5.92 Å². The van der Waals surface area contributed by atoms with Crippen LogP contribution in [0.5, 0.6) is 17.2 Å². The van der Waals surface area contributed by atoms with Crippen molar-refractivity contribution >= 4 is 5.78 Å². The minimum absolute atomic E-state index is 0.0315. The molecule has 1 rings (SSSR count). The summed E-state index contributed by atoms with van der Waals surface area (Å²) >= 11 is 0. The van der Waals surface area contributed by atoms with Gasteiger partial charge in [0, 0.05) is 12.1 Å². The monoisotopic (exact) mass is 267 g/mol. The van der Waals surface area contributed by atoms with Crippen molar-refractivity contribution in [3.05, 3.63) is 17.7 Å². The van der Waals surface area contributed by atoms with E-state index in [4.69, 9.17) is 19.9 Å². The Labute approximate surface area is 113 Å². The number of Topliss-reactive ketones (excluding diaryl/α,β-unsaturated/α-hetero) is 1. The Bertz CT molecular complexity index is 432. The second-order valence-electron chi connectivity index (χ2n) is 4.54. The fraction of sp³-hybridized carbons (Fsp3) is 0.500. The molecule has 0 heterocycles. The smallest absolute Gasteiger partial charge is 0.187 e. The zero-order chi connectivity index (χ0) is 14.6. The third-order valence-electron chi connectivity index (χ3n) is 2.98. The third kappa shape index (κ3) is 3.17. The Hall–Kier alpha value is -1.75. The Balaban J connectivity index is 3.35. The quantitative estimate of drug-likeness (QED) is 0.797. The average molecular weight is 267 g/mol. The Morgan fingerprint density at radius 1 is 1.05 bits per heavy atom. The molecule has 0 saturated heterocycles. The molecule has 19 heavy (non-hydrogen) atoms. The molecule has 0 saturated carbocycles. The largest absolute Gasteiger partial charge is 0.496 e. The Kier molecular flexibility index (Phi) is 5.18. The van der Waals surface area contributed by atoms with E-state index in [0.29, 0.717) is 22.8 Å². The first kappa shape index (κ1) is 15.3. The van der Waals surface area contributed by atoms with Gasteiger partial charge in [0.1, 0.15) is 22.8 Å². The first-order valence-electron chi connectivity index (χ1n) is 6.06. The van der Waals surface area contributed by atoms with E-state index in [1.165, 1.54) is 21.3 Å². The first-order valence-corrected chi connectivity index (χ1v) is 6.06. The van der Waals surface area contributed by atoms with Crippen LogP contribution in [-0.4, -0.2) is 33.2 Å². The van der Waals surface area contributed by atoms with Gasteiger partial charge in [0.2, 0.25) is 0 Å². The number of ketones is 1. The Morgan fingerprint density at radius 3 is 1.84 bits per heavy atom. The molecule has 106 valence electrons. The molecule has 2 N–H and O–H groups in total. The van der Waals surface area contributed by atoms with Crippen molar-refractivity contribution in [2.75, 3.05) is 21.3 Å². The highest BCUT2D eigenvalue weighted by molar-refractivity contribution is 6.05. The lowest BCUT2D eigenvalue weighted by molar-refractivity contribution is 0.0934. The van der Waals surface area contributed by atoms with E-state index in [0.717, 1.165) is 0 Å². The zero-order valence-corrected chi connectivity index (χ0v) is 12.0. The van der Waals surface area contributed by atoms with E-state index in [2.05, 4.69) is 0 Å². The van der Waals surface area contributed by atoms with E-state index < -0.39 is 6.04 Å². The molecule has 0 fully saturated rings. The van der Waals surface area contributed by atoms with Crippen molar-refractivity contribution in [1.82, 2.24) is 0 Å². The second-order valence-corrected chi connectivity index (χ2v) is 4.54. The van der Waals surface area contributed by atoms with E-state index in [1.54, 1.807) is 12.1 Å². The molecule has 0 aliphatic rings. The van der Waals surface area contributed by atoms with Gasteiger partial charge in [0.25, 0.3) is 0 Å². The van der Waals surface area contributed by atoms with Gasteiger partial charge in [-0.15, -0.1) is 0 Å². The second kappa shape index (κ2) is 6.43. The summed E-state index contributed by atoms with van der Waals surface area (Å²) in [5.41, 5.74) is 6.27. The normalized spacial score (nSPS) is 12.2. The predicted octanol–water partition coefficient (Wildman–Crippen LogP) is 1.88.